The standard InChI is InChI=1S/C14H24O3/c1-8-5-6-9-12(2)10(7-11(12)15)14(9,17-4)13(8,3)16/h8-11,15-16H,5-7H2,1-4H3. The molecule has 0 radical (unpaired) electrons. The van der Waals surface area contributed by atoms with Crippen molar-refractivity contribution in [1.82, 2.24) is 0 Å². The molecule has 3 saturated carbocycles. The molecule has 3 rings (SSSR count). The predicted molar refractivity (Wildman–Crippen MR) is 64.5 cm³/mol. The molecule has 3 aliphatic carbocycles. The summed E-state index contributed by atoms with van der Waals surface area (Å²) in [4.78, 5) is 0. The second-order valence-corrected chi connectivity index (χ2v) is 6.85. The van der Waals surface area contributed by atoms with Gasteiger partial charge < -0.3 is 14.9 Å². The molecular formula is C14H24O3. The Bertz CT molecular complexity index is 353. The third kappa shape index (κ3) is 0.946. The van der Waals surface area contributed by atoms with Crippen molar-refractivity contribution in [3.63, 3.8) is 0 Å². The van der Waals surface area contributed by atoms with Gasteiger partial charge in [0.25, 0.3) is 0 Å². The van der Waals surface area contributed by atoms with Gasteiger partial charge in [0.05, 0.1) is 11.7 Å². The molecule has 7 atom stereocenters. The van der Waals surface area contributed by atoms with Crippen molar-refractivity contribution in [3.8, 4) is 0 Å². The number of ether oxygens (including phenoxy) is 1. The average Bonchev–Trinajstić information content (AvgIpc) is 2.29. The SMILES string of the molecule is COC12C(CCC(C)C1(C)O)C1(C)C(O)CC12. The maximum Gasteiger partial charge on any atom is 0.103 e. The highest BCUT2D eigenvalue weighted by molar-refractivity contribution is 5.31. The number of hydrogen-bond donors (Lipinski definition) is 2. The first-order chi connectivity index (χ1) is 7.83. The Morgan fingerprint density at radius 3 is 2.35 bits per heavy atom. The van der Waals surface area contributed by atoms with Crippen LogP contribution in [0.1, 0.15) is 40.0 Å². The number of aliphatic hydroxyl groups is 2. The maximum absolute atomic E-state index is 10.9. The van der Waals surface area contributed by atoms with E-state index in [0.29, 0.717) is 11.8 Å². The maximum atomic E-state index is 10.9. The molecule has 3 nitrogen and oxygen atoms in total. The number of fused-ring (bicyclic) bond motifs is 4. The fourth-order valence-corrected chi connectivity index (χ4v) is 5.33. The lowest BCUT2D eigenvalue weighted by Gasteiger charge is -2.80. The van der Waals surface area contributed by atoms with Gasteiger partial charge >= 0.3 is 0 Å². The molecular weight excluding hydrogens is 216 g/mol. The number of rotatable bonds is 1. The van der Waals surface area contributed by atoms with Gasteiger partial charge in [0.1, 0.15) is 5.60 Å². The van der Waals surface area contributed by atoms with Crippen molar-refractivity contribution in [1.29, 1.82) is 0 Å². The molecule has 17 heavy (non-hydrogen) atoms. The van der Waals surface area contributed by atoms with Gasteiger partial charge in [-0.2, -0.15) is 0 Å². The highest BCUT2D eigenvalue weighted by Crippen LogP contribution is 2.76. The van der Waals surface area contributed by atoms with E-state index in [2.05, 4.69) is 13.8 Å². The van der Waals surface area contributed by atoms with Crippen molar-refractivity contribution < 1.29 is 14.9 Å². The Morgan fingerprint density at radius 2 is 1.82 bits per heavy atom. The second kappa shape index (κ2) is 3.06. The van der Waals surface area contributed by atoms with Gasteiger partial charge in [-0.25, -0.2) is 0 Å². The van der Waals surface area contributed by atoms with E-state index in [9.17, 15) is 10.2 Å². The zero-order valence-corrected chi connectivity index (χ0v) is 11.2. The van der Waals surface area contributed by atoms with Crippen LogP contribution >= 0.6 is 0 Å². The summed E-state index contributed by atoms with van der Waals surface area (Å²) >= 11 is 0. The smallest absolute Gasteiger partial charge is 0.103 e. The monoisotopic (exact) mass is 240 g/mol. The van der Waals surface area contributed by atoms with Crippen LogP contribution in [0.4, 0.5) is 0 Å². The lowest BCUT2D eigenvalue weighted by atomic mass is 9.29. The number of methoxy groups -OCH3 is 1. The Hall–Kier alpha value is -0.120. The summed E-state index contributed by atoms with van der Waals surface area (Å²) in [5, 5.41) is 20.9. The van der Waals surface area contributed by atoms with Crippen molar-refractivity contribution in [2.75, 3.05) is 7.11 Å². The number of aliphatic hydroxyl groups excluding tert-OH is 1. The van der Waals surface area contributed by atoms with Crippen molar-refractivity contribution in [3.05, 3.63) is 0 Å². The summed E-state index contributed by atoms with van der Waals surface area (Å²) in [5.74, 6) is 0.888. The fourth-order valence-electron chi connectivity index (χ4n) is 5.33. The zero-order valence-electron chi connectivity index (χ0n) is 11.2. The molecule has 2 N–H and O–H groups in total. The quantitative estimate of drug-likeness (QED) is 0.731. The summed E-state index contributed by atoms with van der Waals surface area (Å²) in [6.07, 6.45) is 2.67. The minimum Gasteiger partial charge on any atom is -0.393 e. The van der Waals surface area contributed by atoms with E-state index in [1.165, 1.54) is 0 Å². The lowest BCUT2D eigenvalue weighted by Crippen LogP contribution is -2.87. The van der Waals surface area contributed by atoms with Gasteiger partial charge in [0, 0.05) is 18.4 Å². The van der Waals surface area contributed by atoms with Gasteiger partial charge in [-0.15, -0.1) is 0 Å². The van der Waals surface area contributed by atoms with Crippen molar-refractivity contribution >= 4 is 0 Å². The topological polar surface area (TPSA) is 49.7 Å². The summed E-state index contributed by atoms with van der Waals surface area (Å²) in [5.41, 5.74) is -1.20. The Kier molecular flexibility index (Phi) is 2.15. The van der Waals surface area contributed by atoms with Crippen LogP contribution in [0.3, 0.4) is 0 Å². The molecule has 0 aliphatic heterocycles. The van der Waals surface area contributed by atoms with E-state index in [4.69, 9.17) is 4.74 Å². The molecule has 0 aromatic rings. The zero-order chi connectivity index (χ0) is 12.6. The van der Waals surface area contributed by atoms with E-state index in [0.717, 1.165) is 19.3 Å². The highest BCUT2D eigenvalue weighted by Gasteiger charge is 2.82. The largest absolute Gasteiger partial charge is 0.393 e. The molecule has 0 amide bonds. The van der Waals surface area contributed by atoms with Gasteiger partial charge in [0.15, 0.2) is 0 Å². The molecule has 0 saturated heterocycles. The Morgan fingerprint density at radius 1 is 1.18 bits per heavy atom. The van der Waals surface area contributed by atoms with Crippen molar-refractivity contribution in [2.45, 2.75) is 57.3 Å². The molecule has 3 fully saturated rings. The fraction of sp³-hybridized carbons (Fsp3) is 1.00. The Labute approximate surface area is 103 Å². The Balaban J connectivity index is 2.03. The predicted octanol–water partition coefficient (Wildman–Crippen LogP) is 1.57. The molecule has 3 aliphatic rings. The van der Waals surface area contributed by atoms with Crippen LogP contribution in [0.5, 0.6) is 0 Å². The first-order valence-electron chi connectivity index (χ1n) is 6.79. The normalized spacial score (nSPS) is 65.3. The van der Waals surface area contributed by atoms with Crippen molar-refractivity contribution in [2.24, 2.45) is 23.2 Å². The summed E-state index contributed by atoms with van der Waals surface area (Å²) in [6.45, 7) is 6.21. The van der Waals surface area contributed by atoms with Crippen LogP contribution in [0.25, 0.3) is 0 Å². The second-order valence-electron chi connectivity index (χ2n) is 6.85. The number of hydrogen-bond acceptors (Lipinski definition) is 3. The van der Waals surface area contributed by atoms with E-state index < -0.39 is 11.2 Å². The summed E-state index contributed by atoms with van der Waals surface area (Å²) in [7, 11) is 1.73. The van der Waals surface area contributed by atoms with Crippen LogP contribution in [-0.4, -0.2) is 34.6 Å². The third-order valence-corrected chi connectivity index (χ3v) is 6.69. The molecule has 0 heterocycles. The van der Waals surface area contributed by atoms with Crippen LogP contribution in [0.15, 0.2) is 0 Å². The third-order valence-electron chi connectivity index (χ3n) is 6.69. The van der Waals surface area contributed by atoms with E-state index >= 15 is 0 Å². The van der Waals surface area contributed by atoms with Crippen LogP contribution in [0.2, 0.25) is 0 Å². The lowest BCUT2D eigenvalue weighted by molar-refractivity contribution is -0.413. The van der Waals surface area contributed by atoms with Gasteiger partial charge in [-0.3, -0.25) is 0 Å². The van der Waals surface area contributed by atoms with E-state index in [1.54, 1.807) is 7.11 Å². The first-order valence-corrected chi connectivity index (χ1v) is 6.79. The summed E-state index contributed by atoms with van der Waals surface area (Å²) < 4.78 is 5.85. The molecule has 0 spiro atoms. The van der Waals surface area contributed by atoms with Crippen LogP contribution in [-0.2, 0) is 4.74 Å². The minimum atomic E-state index is -0.769. The van der Waals surface area contributed by atoms with Gasteiger partial charge in [-0.1, -0.05) is 13.8 Å². The molecule has 0 bridgehead atoms. The van der Waals surface area contributed by atoms with Crippen LogP contribution in [0, 0.1) is 23.2 Å². The molecule has 0 aromatic heterocycles. The van der Waals surface area contributed by atoms with Gasteiger partial charge in [-0.05, 0) is 38.0 Å². The molecule has 7 unspecified atom stereocenters. The van der Waals surface area contributed by atoms with E-state index in [-0.39, 0.29) is 17.4 Å². The van der Waals surface area contributed by atoms with Gasteiger partial charge in [0.2, 0.25) is 0 Å². The minimum absolute atomic E-state index is 0.0137. The first kappa shape index (κ1) is 11.9. The van der Waals surface area contributed by atoms with Crippen LogP contribution < -0.4 is 0 Å². The molecule has 0 aromatic carbocycles. The highest BCUT2D eigenvalue weighted by atomic mass is 16.5. The van der Waals surface area contributed by atoms with E-state index in [1.807, 2.05) is 6.92 Å². The molecule has 98 valence electrons. The average molecular weight is 240 g/mol. The summed E-state index contributed by atoms with van der Waals surface area (Å²) in [6, 6.07) is 0. The molecule has 3 heteroatoms.